The van der Waals surface area contributed by atoms with Gasteiger partial charge in [-0.2, -0.15) is 13.2 Å². The Bertz CT molecular complexity index is 279. The van der Waals surface area contributed by atoms with Crippen LogP contribution in [0.3, 0.4) is 0 Å². The molecule has 0 aliphatic heterocycles. The van der Waals surface area contributed by atoms with E-state index in [9.17, 15) is 18.0 Å². The SMILES string of the molecule is C[C@@H](NC(=O)OC(C)(C)C)C(C)(C)C(F)(F)F. The zero-order chi connectivity index (χ0) is 14.1. The van der Waals surface area contributed by atoms with Gasteiger partial charge in [0.1, 0.15) is 5.60 Å². The first-order valence-electron chi connectivity index (χ1n) is 5.33. The van der Waals surface area contributed by atoms with Gasteiger partial charge in [-0.15, -0.1) is 0 Å². The molecular weight excluding hydrogens is 235 g/mol. The summed E-state index contributed by atoms with van der Waals surface area (Å²) in [5.41, 5.74) is -2.74. The number of rotatable bonds is 2. The minimum absolute atomic E-state index is 0.730. The normalized spacial score (nSPS) is 15.4. The molecule has 1 N–H and O–H groups in total. The van der Waals surface area contributed by atoms with Gasteiger partial charge in [0.05, 0.1) is 5.41 Å². The van der Waals surface area contributed by atoms with E-state index in [-0.39, 0.29) is 0 Å². The molecule has 3 nitrogen and oxygen atoms in total. The van der Waals surface area contributed by atoms with Crippen molar-refractivity contribution in [3.8, 4) is 0 Å². The molecule has 0 spiro atoms. The Morgan fingerprint density at radius 2 is 1.53 bits per heavy atom. The second kappa shape index (κ2) is 4.74. The predicted octanol–water partition coefficient (Wildman–Crippen LogP) is 3.49. The third-order valence-corrected chi connectivity index (χ3v) is 2.55. The Labute approximate surface area is 99.7 Å². The molecule has 0 aromatic rings. The second-order valence-corrected chi connectivity index (χ2v) is 5.59. The zero-order valence-electron chi connectivity index (χ0n) is 11.0. The van der Waals surface area contributed by atoms with E-state index < -0.39 is 29.3 Å². The summed E-state index contributed by atoms with van der Waals surface area (Å²) < 4.78 is 42.9. The maximum atomic E-state index is 12.7. The van der Waals surface area contributed by atoms with Crippen LogP contribution in [0.1, 0.15) is 41.5 Å². The number of carbonyl (C=O) groups excluding carboxylic acids is 1. The van der Waals surface area contributed by atoms with Crippen molar-refractivity contribution in [2.75, 3.05) is 0 Å². The fraction of sp³-hybridized carbons (Fsp3) is 0.909. The highest BCUT2D eigenvalue weighted by molar-refractivity contribution is 5.68. The van der Waals surface area contributed by atoms with Crippen molar-refractivity contribution in [2.45, 2.75) is 59.4 Å². The average molecular weight is 255 g/mol. The van der Waals surface area contributed by atoms with Crippen LogP contribution in [0.2, 0.25) is 0 Å². The number of halogens is 3. The third-order valence-electron chi connectivity index (χ3n) is 2.55. The third kappa shape index (κ3) is 4.83. The molecule has 0 saturated carbocycles. The fourth-order valence-electron chi connectivity index (χ4n) is 0.910. The lowest BCUT2D eigenvalue weighted by Gasteiger charge is -2.34. The van der Waals surface area contributed by atoms with Crippen molar-refractivity contribution >= 4 is 6.09 Å². The summed E-state index contributed by atoms with van der Waals surface area (Å²) in [5.74, 6) is 0. The van der Waals surface area contributed by atoms with E-state index in [4.69, 9.17) is 4.74 Å². The molecule has 0 aromatic carbocycles. The molecule has 0 unspecified atom stereocenters. The Morgan fingerprint density at radius 3 is 1.82 bits per heavy atom. The van der Waals surface area contributed by atoms with Gasteiger partial charge in [-0.1, -0.05) is 0 Å². The number of hydrogen-bond donors (Lipinski definition) is 1. The number of alkyl halides is 3. The van der Waals surface area contributed by atoms with Crippen molar-refractivity contribution in [3.05, 3.63) is 0 Å². The van der Waals surface area contributed by atoms with E-state index in [0.29, 0.717) is 0 Å². The zero-order valence-corrected chi connectivity index (χ0v) is 11.0. The number of hydrogen-bond acceptors (Lipinski definition) is 2. The lowest BCUT2D eigenvalue weighted by atomic mass is 9.85. The number of carbonyl (C=O) groups is 1. The molecule has 6 heteroatoms. The standard InChI is InChI=1S/C11H20F3NO2/c1-7(10(5,6)11(12,13)14)15-8(16)17-9(2,3)4/h7H,1-6H3,(H,15,16)/t7-/m1/s1. The van der Waals surface area contributed by atoms with E-state index in [1.54, 1.807) is 20.8 Å². The quantitative estimate of drug-likeness (QED) is 0.820. The van der Waals surface area contributed by atoms with Crippen molar-refractivity contribution in [3.63, 3.8) is 0 Å². The van der Waals surface area contributed by atoms with Crippen molar-refractivity contribution < 1.29 is 22.7 Å². The Morgan fingerprint density at radius 1 is 1.12 bits per heavy atom. The minimum atomic E-state index is -4.39. The maximum absolute atomic E-state index is 12.7. The van der Waals surface area contributed by atoms with Gasteiger partial charge in [0.25, 0.3) is 0 Å². The largest absolute Gasteiger partial charge is 0.444 e. The first-order valence-corrected chi connectivity index (χ1v) is 5.33. The van der Waals surface area contributed by atoms with Crippen LogP contribution >= 0.6 is 0 Å². The molecular formula is C11H20F3NO2. The van der Waals surface area contributed by atoms with Crippen molar-refractivity contribution in [2.24, 2.45) is 5.41 Å². The van der Waals surface area contributed by atoms with Crippen molar-refractivity contribution in [1.29, 1.82) is 0 Å². The molecule has 0 aliphatic carbocycles. The first kappa shape index (κ1) is 16.1. The van der Waals surface area contributed by atoms with Gasteiger partial charge in [0.2, 0.25) is 0 Å². The van der Waals surface area contributed by atoms with Gasteiger partial charge in [-0.25, -0.2) is 4.79 Å². The van der Waals surface area contributed by atoms with Crippen LogP contribution in [-0.4, -0.2) is 23.9 Å². The summed E-state index contributed by atoms with van der Waals surface area (Å²) >= 11 is 0. The lowest BCUT2D eigenvalue weighted by molar-refractivity contribution is -0.219. The van der Waals surface area contributed by atoms with Crippen LogP contribution in [-0.2, 0) is 4.74 Å². The number of ether oxygens (including phenoxy) is 1. The molecule has 0 fully saturated rings. The van der Waals surface area contributed by atoms with Crippen LogP contribution in [0.25, 0.3) is 0 Å². The molecule has 102 valence electrons. The topological polar surface area (TPSA) is 38.3 Å². The van der Waals surface area contributed by atoms with E-state index >= 15 is 0 Å². The summed E-state index contributed by atoms with van der Waals surface area (Å²) in [4.78, 5) is 11.3. The molecule has 0 heterocycles. The smallest absolute Gasteiger partial charge is 0.407 e. The molecule has 0 bridgehead atoms. The number of alkyl carbamates (subject to hydrolysis) is 1. The van der Waals surface area contributed by atoms with E-state index in [2.05, 4.69) is 5.32 Å². The monoisotopic (exact) mass is 255 g/mol. The first-order chi connectivity index (χ1) is 7.27. The Hall–Kier alpha value is -0.940. The van der Waals surface area contributed by atoms with Gasteiger partial charge >= 0.3 is 12.3 Å². The second-order valence-electron chi connectivity index (χ2n) is 5.59. The lowest BCUT2D eigenvalue weighted by Crippen LogP contribution is -2.51. The van der Waals surface area contributed by atoms with Crippen molar-refractivity contribution in [1.82, 2.24) is 5.32 Å². The number of nitrogens with one attached hydrogen (secondary N) is 1. The molecule has 0 saturated heterocycles. The van der Waals surface area contributed by atoms with E-state index in [0.717, 1.165) is 13.8 Å². The highest BCUT2D eigenvalue weighted by Gasteiger charge is 2.51. The van der Waals surface area contributed by atoms with Crippen LogP contribution in [0.15, 0.2) is 0 Å². The van der Waals surface area contributed by atoms with Gasteiger partial charge in [0.15, 0.2) is 0 Å². The highest BCUT2D eigenvalue weighted by Crippen LogP contribution is 2.40. The molecule has 1 atom stereocenters. The van der Waals surface area contributed by atoms with Crippen LogP contribution < -0.4 is 5.32 Å². The maximum Gasteiger partial charge on any atom is 0.407 e. The molecule has 0 radical (unpaired) electrons. The molecule has 17 heavy (non-hydrogen) atoms. The Kier molecular flexibility index (Phi) is 4.48. The molecule has 0 aromatic heterocycles. The summed E-state index contributed by atoms with van der Waals surface area (Å²) in [7, 11) is 0. The molecule has 0 aliphatic rings. The van der Waals surface area contributed by atoms with E-state index in [1.165, 1.54) is 6.92 Å². The van der Waals surface area contributed by atoms with Crippen LogP contribution in [0, 0.1) is 5.41 Å². The Balaban J connectivity index is 4.56. The van der Waals surface area contributed by atoms with Crippen LogP contribution in [0.5, 0.6) is 0 Å². The summed E-state index contributed by atoms with van der Waals surface area (Å²) in [6, 6.07) is -1.07. The van der Waals surface area contributed by atoms with E-state index in [1.807, 2.05) is 0 Å². The molecule has 0 rings (SSSR count). The summed E-state index contributed by atoms with van der Waals surface area (Å²) in [5, 5.41) is 2.20. The summed E-state index contributed by atoms with van der Waals surface area (Å²) in [6.07, 6.45) is -5.23. The fourth-order valence-corrected chi connectivity index (χ4v) is 0.910. The van der Waals surface area contributed by atoms with Gasteiger partial charge < -0.3 is 10.1 Å². The van der Waals surface area contributed by atoms with Crippen LogP contribution in [0.4, 0.5) is 18.0 Å². The minimum Gasteiger partial charge on any atom is -0.444 e. The molecule has 1 amide bonds. The van der Waals surface area contributed by atoms with Gasteiger partial charge in [-0.05, 0) is 41.5 Å². The van der Waals surface area contributed by atoms with Gasteiger partial charge in [0, 0.05) is 6.04 Å². The highest BCUT2D eigenvalue weighted by atomic mass is 19.4. The number of amides is 1. The summed E-state index contributed by atoms with van der Waals surface area (Å²) in [6.45, 7) is 8.31. The van der Waals surface area contributed by atoms with Gasteiger partial charge in [-0.3, -0.25) is 0 Å². The predicted molar refractivity (Wildman–Crippen MR) is 58.7 cm³/mol. The average Bonchev–Trinajstić information content (AvgIpc) is 1.97.